The minimum Gasteiger partial charge on any atom is -0.449 e. The number of carbonyl (C=O) groups is 1. The second kappa shape index (κ2) is 7.07. The van der Waals surface area contributed by atoms with Crippen LogP contribution in [0.4, 0.5) is 4.79 Å². The first-order valence-electron chi connectivity index (χ1n) is 8.05. The largest absolute Gasteiger partial charge is 0.449 e. The maximum absolute atomic E-state index is 12.1. The van der Waals surface area contributed by atoms with Gasteiger partial charge >= 0.3 is 6.09 Å². The zero-order valence-electron chi connectivity index (χ0n) is 13.0. The highest BCUT2D eigenvalue weighted by Gasteiger charge is 2.36. The van der Waals surface area contributed by atoms with Gasteiger partial charge in [0.25, 0.3) is 0 Å². The molecule has 1 aromatic carbocycles. The summed E-state index contributed by atoms with van der Waals surface area (Å²) < 4.78 is 10.6. The molecule has 2 saturated heterocycles. The number of nitrogens with zero attached hydrogens (tertiary/aromatic N) is 1. The van der Waals surface area contributed by atoms with Crippen LogP contribution in [0, 0.1) is 5.92 Å². The van der Waals surface area contributed by atoms with E-state index in [-0.39, 0.29) is 6.09 Å². The normalized spacial score (nSPS) is 23.7. The SMILES string of the molecule is O=C(OCC1CCOC1)N1CCC(O)(c2ccc(Cl)cc2)CC1. The first-order valence-corrected chi connectivity index (χ1v) is 8.42. The lowest BCUT2D eigenvalue weighted by Crippen LogP contribution is -2.45. The van der Waals surface area contributed by atoms with E-state index in [1.54, 1.807) is 17.0 Å². The Labute approximate surface area is 141 Å². The Morgan fingerprint density at radius 2 is 2.04 bits per heavy atom. The zero-order chi connectivity index (χ0) is 16.3. The van der Waals surface area contributed by atoms with Crippen molar-refractivity contribution in [3.8, 4) is 0 Å². The third-order valence-corrected chi connectivity index (χ3v) is 4.95. The summed E-state index contributed by atoms with van der Waals surface area (Å²) in [5.41, 5.74) is -0.0567. The van der Waals surface area contributed by atoms with E-state index in [0.717, 1.165) is 18.6 Å². The fraction of sp³-hybridized carbons (Fsp3) is 0.588. The number of ether oxygens (including phenoxy) is 2. The Hall–Kier alpha value is -1.30. The summed E-state index contributed by atoms with van der Waals surface area (Å²) in [6.07, 6.45) is 1.64. The Morgan fingerprint density at radius 3 is 2.65 bits per heavy atom. The second-order valence-corrected chi connectivity index (χ2v) is 6.77. The summed E-state index contributed by atoms with van der Waals surface area (Å²) in [5.74, 6) is 0.315. The van der Waals surface area contributed by atoms with Crippen LogP contribution in [0.3, 0.4) is 0 Å². The van der Waals surface area contributed by atoms with Crippen LogP contribution in [0.1, 0.15) is 24.8 Å². The Balaban J connectivity index is 1.50. The van der Waals surface area contributed by atoms with Crippen molar-refractivity contribution in [2.24, 2.45) is 5.92 Å². The number of piperidine rings is 1. The molecule has 126 valence electrons. The fourth-order valence-corrected chi connectivity index (χ4v) is 3.23. The molecule has 2 heterocycles. The third kappa shape index (κ3) is 3.97. The van der Waals surface area contributed by atoms with Crippen molar-refractivity contribution in [2.45, 2.75) is 24.9 Å². The van der Waals surface area contributed by atoms with E-state index >= 15 is 0 Å². The summed E-state index contributed by atoms with van der Waals surface area (Å²) in [6, 6.07) is 7.24. The van der Waals surface area contributed by atoms with Gasteiger partial charge in [-0.1, -0.05) is 23.7 Å². The zero-order valence-corrected chi connectivity index (χ0v) is 13.8. The standard InChI is InChI=1S/C17H22ClNO4/c18-15-3-1-14(2-4-15)17(21)6-8-19(9-7-17)16(20)23-12-13-5-10-22-11-13/h1-4,13,21H,5-12H2. The number of rotatable bonds is 3. The van der Waals surface area contributed by atoms with Crippen LogP contribution < -0.4 is 0 Å². The molecule has 6 heteroatoms. The van der Waals surface area contributed by atoms with E-state index in [9.17, 15) is 9.90 Å². The lowest BCUT2D eigenvalue weighted by atomic mass is 9.84. The first-order chi connectivity index (χ1) is 11.1. The number of aliphatic hydroxyl groups is 1. The van der Waals surface area contributed by atoms with Gasteiger partial charge in [0, 0.05) is 30.6 Å². The molecule has 2 aliphatic heterocycles. The molecule has 23 heavy (non-hydrogen) atoms. The van der Waals surface area contributed by atoms with Gasteiger partial charge in [0.2, 0.25) is 0 Å². The van der Waals surface area contributed by atoms with Crippen LogP contribution in [0.2, 0.25) is 5.02 Å². The second-order valence-electron chi connectivity index (χ2n) is 6.33. The molecule has 2 fully saturated rings. The Kier molecular flexibility index (Phi) is 5.09. The maximum atomic E-state index is 12.1. The number of carbonyl (C=O) groups excluding carboxylic acids is 1. The average Bonchev–Trinajstić information content (AvgIpc) is 3.07. The molecule has 0 spiro atoms. The van der Waals surface area contributed by atoms with Gasteiger partial charge < -0.3 is 19.5 Å². The molecule has 2 aliphatic rings. The van der Waals surface area contributed by atoms with Crippen LogP contribution >= 0.6 is 11.6 Å². The molecule has 0 bridgehead atoms. The molecule has 0 radical (unpaired) electrons. The number of benzene rings is 1. The van der Waals surface area contributed by atoms with Crippen molar-refractivity contribution in [3.63, 3.8) is 0 Å². The van der Waals surface area contributed by atoms with Gasteiger partial charge in [-0.3, -0.25) is 0 Å². The molecule has 1 amide bonds. The molecular formula is C17H22ClNO4. The summed E-state index contributed by atoms with van der Waals surface area (Å²) in [4.78, 5) is 13.8. The average molecular weight is 340 g/mol. The van der Waals surface area contributed by atoms with Crippen LogP contribution in [0.15, 0.2) is 24.3 Å². The van der Waals surface area contributed by atoms with Crippen molar-refractivity contribution < 1.29 is 19.4 Å². The molecule has 0 saturated carbocycles. The van der Waals surface area contributed by atoms with Gasteiger partial charge in [-0.2, -0.15) is 0 Å². The lowest BCUT2D eigenvalue weighted by molar-refractivity contribution is -0.0259. The number of hydrogen-bond donors (Lipinski definition) is 1. The quantitative estimate of drug-likeness (QED) is 0.920. The highest BCUT2D eigenvalue weighted by Crippen LogP contribution is 2.33. The van der Waals surface area contributed by atoms with E-state index in [0.29, 0.717) is 50.1 Å². The molecule has 3 rings (SSSR count). The minimum atomic E-state index is -0.902. The summed E-state index contributed by atoms with van der Waals surface area (Å²) in [6.45, 7) is 2.80. The number of likely N-dealkylation sites (tertiary alicyclic amines) is 1. The van der Waals surface area contributed by atoms with Gasteiger partial charge in [0.05, 0.1) is 18.8 Å². The number of halogens is 1. The lowest BCUT2D eigenvalue weighted by Gasteiger charge is -2.38. The number of hydrogen-bond acceptors (Lipinski definition) is 4. The van der Waals surface area contributed by atoms with Crippen molar-refractivity contribution in [2.75, 3.05) is 32.9 Å². The van der Waals surface area contributed by atoms with E-state index in [2.05, 4.69) is 0 Å². The van der Waals surface area contributed by atoms with Gasteiger partial charge in [-0.25, -0.2) is 4.79 Å². The maximum Gasteiger partial charge on any atom is 0.409 e. The monoisotopic (exact) mass is 339 g/mol. The molecule has 1 unspecified atom stereocenters. The van der Waals surface area contributed by atoms with Crippen molar-refractivity contribution >= 4 is 17.7 Å². The third-order valence-electron chi connectivity index (χ3n) is 4.70. The molecule has 0 aromatic heterocycles. The molecule has 1 N–H and O–H groups in total. The van der Waals surface area contributed by atoms with E-state index < -0.39 is 5.60 Å². The van der Waals surface area contributed by atoms with Gasteiger partial charge in [0.15, 0.2) is 0 Å². The fourth-order valence-electron chi connectivity index (χ4n) is 3.10. The summed E-state index contributed by atoms with van der Waals surface area (Å²) >= 11 is 5.89. The highest BCUT2D eigenvalue weighted by atomic mass is 35.5. The topological polar surface area (TPSA) is 59.0 Å². The predicted molar refractivity (Wildman–Crippen MR) is 86.4 cm³/mol. The molecule has 5 nitrogen and oxygen atoms in total. The van der Waals surface area contributed by atoms with Crippen LogP contribution in [-0.4, -0.2) is 49.0 Å². The minimum absolute atomic E-state index is 0.296. The molecule has 1 atom stereocenters. The van der Waals surface area contributed by atoms with Crippen LogP contribution in [0.25, 0.3) is 0 Å². The molecule has 1 aromatic rings. The molecular weight excluding hydrogens is 318 g/mol. The van der Waals surface area contributed by atoms with Crippen LogP contribution in [0.5, 0.6) is 0 Å². The number of amides is 1. The Bertz CT molecular complexity index is 534. The Morgan fingerprint density at radius 1 is 1.35 bits per heavy atom. The predicted octanol–water partition coefficient (Wildman–Crippen LogP) is 2.80. The van der Waals surface area contributed by atoms with Gasteiger partial charge in [0.1, 0.15) is 0 Å². The highest BCUT2D eigenvalue weighted by molar-refractivity contribution is 6.30. The van der Waals surface area contributed by atoms with E-state index in [4.69, 9.17) is 21.1 Å². The van der Waals surface area contributed by atoms with Crippen molar-refractivity contribution in [1.82, 2.24) is 4.90 Å². The van der Waals surface area contributed by atoms with E-state index in [1.165, 1.54) is 0 Å². The van der Waals surface area contributed by atoms with Crippen molar-refractivity contribution in [1.29, 1.82) is 0 Å². The first kappa shape index (κ1) is 16.6. The smallest absolute Gasteiger partial charge is 0.409 e. The summed E-state index contributed by atoms with van der Waals surface area (Å²) in [5, 5.41) is 11.4. The van der Waals surface area contributed by atoms with Crippen LogP contribution in [-0.2, 0) is 15.1 Å². The van der Waals surface area contributed by atoms with E-state index in [1.807, 2.05) is 12.1 Å². The van der Waals surface area contributed by atoms with Gasteiger partial charge in [-0.05, 0) is 37.0 Å². The van der Waals surface area contributed by atoms with Gasteiger partial charge in [-0.15, -0.1) is 0 Å². The summed E-state index contributed by atoms with van der Waals surface area (Å²) in [7, 11) is 0. The molecule has 0 aliphatic carbocycles. The van der Waals surface area contributed by atoms with Crippen molar-refractivity contribution in [3.05, 3.63) is 34.9 Å².